The van der Waals surface area contributed by atoms with Gasteiger partial charge in [0.25, 0.3) is 5.88 Å². The van der Waals surface area contributed by atoms with Crippen molar-refractivity contribution in [3.8, 4) is 22.8 Å². The van der Waals surface area contributed by atoms with Crippen molar-refractivity contribution in [1.82, 2.24) is 15.4 Å². The number of carboxylic acid groups (broad SMARTS) is 1. The van der Waals surface area contributed by atoms with E-state index in [0.717, 1.165) is 11.1 Å². The summed E-state index contributed by atoms with van der Waals surface area (Å²) >= 11 is 0. The summed E-state index contributed by atoms with van der Waals surface area (Å²) in [4.78, 5) is 11.1. The van der Waals surface area contributed by atoms with E-state index in [0.29, 0.717) is 16.8 Å². The highest BCUT2D eigenvalue weighted by Crippen LogP contribution is 2.50. The molecule has 27 heavy (non-hydrogen) atoms. The van der Waals surface area contributed by atoms with Crippen LogP contribution in [0.3, 0.4) is 0 Å². The van der Waals surface area contributed by atoms with Crippen molar-refractivity contribution in [2.75, 3.05) is 0 Å². The lowest BCUT2D eigenvalue weighted by Gasteiger charge is -2.42. The van der Waals surface area contributed by atoms with Gasteiger partial charge in [0.05, 0.1) is 0 Å². The molecule has 0 bridgehead atoms. The topological polar surface area (TPSA) is 88.1 Å². The molecule has 4 rings (SSSR count). The molecule has 1 atom stereocenters. The predicted molar refractivity (Wildman–Crippen MR) is 105 cm³/mol. The van der Waals surface area contributed by atoms with E-state index in [1.807, 2.05) is 12.1 Å². The van der Waals surface area contributed by atoms with Gasteiger partial charge in [-0.15, -0.1) is 9.24 Å². The van der Waals surface area contributed by atoms with E-state index in [-0.39, 0.29) is 11.6 Å². The first-order valence-electron chi connectivity index (χ1n) is 8.73. The summed E-state index contributed by atoms with van der Waals surface area (Å²) in [7, 11) is 2.95. The third-order valence-electron chi connectivity index (χ3n) is 4.94. The number of aromatic nitrogens is 3. The second-order valence-electron chi connectivity index (χ2n) is 7.30. The highest BCUT2D eigenvalue weighted by Gasteiger charge is 2.36. The number of carbonyl (C=O) groups is 1. The lowest BCUT2D eigenvalue weighted by atomic mass is 9.71. The molecule has 1 unspecified atom stereocenters. The van der Waals surface area contributed by atoms with Crippen LogP contribution in [0.4, 0.5) is 0 Å². The smallest absolute Gasteiger partial charge is 0.359 e. The van der Waals surface area contributed by atoms with Crippen molar-refractivity contribution >= 4 is 15.2 Å². The van der Waals surface area contributed by atoms with Gasteiger partial charge < -0.3 is 9.84 Å². The Kier molecular flexibility index (Phi) is 4.44. The molecule has 1 saturated carbocycles. The molecular formula is C20H20N3O3P. The standard InChI is InChI=1S/C20H20N3O3P/c1-20(27)10-15(11-20)14-4-2-12(3-5-14)13-6-8-16(9-7-13)26-18-17(19(24)25)21-23-22-18/h2-9,15H,10-11,27H2,1H3,(H,24,25)(H,21,22,23). The molecule has 7 heteroatoms. The molecule has 2 N–H and O–H groups in total. The molecule has 6 nitrogen and oxygen atoms in total. The van der Waals surface area contributed by atoms with Crippen molar-refractivity contribution in [3.05, 3.63) is 59.8 Å². The molecule has 1 fully saturated rings. The number of benzene rings is 2. The van der Waals surface area contributed by atoms with Gasteiger partial charge in [0, 0.05) is 0 Å². The van der Waals surface area contributed by atoms with E-state index in [2.05, 4.69) is 55.8 Å². The number of rotatable bonds is 5. The normalized spacial score (nSPS) is 21.5. The Morgan fingerprint density at radius 2 is 1.74 bits per heavy atom. The predicted octanol–water partition coefficient (Wildman–Crippen LogP) is 4.47. The lowest BCUT2D eigenvalue weighted by molar-refractivity contribution is 0.0687. The van der Waals surface area contributed by atoms with Crippen LogP contribution < -0.4 is 4.74 Å². The van der Waals surface area contributed by atoms with E-state index in [4.69, 9.17) is 9.84 Å². The summed E-state index contributed by atoms with van der Waals surface area (Å²) in [5.74, 6) is -0.0643. The maximum atomic E-state index is 11.1. The molecule has 1 aliphatic rings. The summed E-state index contributed by atoms with van der Waals surface area (Å²) in [6.07, 6.45) is 2.42. The fraction of sp³-hybridized carbons (Fsp3) is 0.250. The van der Waals surface area contributed by atoms with Crippen LogP contribution in [0.2, 0.25) is 0 Å². The van der Waals surface area contributed by atoms with Gasteiger partial charge in [-0.2, -0.15) is 0 Å². The number of carboxylic acids is 1. The minimum atomic E-state index is -1.17. The fourth-order valence-corrected chi connectivity index (χ4v) is 4.07. The minimum Gasteiger partial charge on any atom is -0.476 e. The SMILES string of the molecule is CC1(P)CC(c2ccc(-c3ccc(Oc4nn[nH]c4C(=O)O)cc3)cc2)C1. The van der Waals surface area contributed by atoms with Gasteiger partial charge in [0.2, 0.25) is 5.69 Å². The minimum absolute atomic E-state index is 0.0545. The highest BCUT2D eigenvalue weighted by molar-refractivity contribution is 7.19. The number of aromatic amines is 1. The number of aromatic carboxylic acids is 1. The van der Waals surface area contributed by atoms with Gasteiger partial charge in [-0.25, -0.2) is 9.89 Å². The van der Waals surface area contributed by atoms with E-state index in [1.54, 1.807) is 12.1 Å². The Labute approximate surface area is 159 Å². The van der Waals surface area contributed by atoms with Crippen LogP contribution in [-0.2, 0) is 0 Å². The van der Waals surface area contributed by atoms with E-state index < -0.39 is 5.97 Å². The maximum absolute atomic E-state index is 11.1. The zero-order valence-corrected chi connectivity index (χ0v) is 16.0. The molecular weight excluding hydrogens is 361 g/mol. The zero-order chi connectivity index (χ0) is 19.0. The quantitative estimate of drug-likeness (QED) is 0.637. The van der Waals surface area contributed by atoms with Crippen LogP contribution in [0.25, 0.3) is 11.1 Å². The van der Waals surface area contributed by atoms with Crippen molar-refractivity contribution in [2.45, 2.75) is 30.8 Å². The largest absolute Gasteiger partial charge is 0.476 e. The number of nitrogens with one attached hydrogen (secondary N) is 1. The van der Waals surface area contributed by atoms with E-state index in [9.17, 15) is 4.79 Å². The maximum Gasteiger partial charge on any atom is 0.359 e. The Morgan fingerprint density at radius 3 is 2.30 bits per heavy atom. The second kappa shape index (κ2) is 6.78. The zero-order valence-electron chi connectivity index (χ0n) is 14.8. The molecule has 3 aromatic rings. The van der Waals surface area contributed by atoms with E-state index >= 15 is 0 Å². The van der Waals surface area contributed by atoms with Crippen LogP contribution in [0.15, 0.2) is 48.5 Å². The Morgan fingerprint density at radius 1 is 1.15 bits per heavy atom. The first-order chi connectivity index (χ1) is 12.9. The molecule has 1 aromatic heterocycles. The first kappa shape index (κ1) is 17.7. The van der Waals surface area contributed by atoms with Gasteiger partial charge in [0.1, 0.15) is 5.75 Å². The lowest BCUT2D eigenvalue weighted by Crippen LogP contribution is -2.33. The molecule has 2 aromatic carbocycles. The summed E-state index contributed by atoms with van der Waals surface area (Å²) in [5, 5.41) is 18.9. The number of ether oxygens (including phenoxy) is 1. The Balaban J connectivity index is 1.46. The summed E-state index contributed by atoms with van der Waals surface area (Å²) in [6, 6.07) is 16.2. The Hall–Kier alpha value is -2.72. The van der Waals surface area contributed by atoms with Crippen LogP contribution in [0, 0.1) is 0 Å². The van der Waals surface area contributed by atoms with Crippen LogP contribution in [0.1, 0.15) is 41.7 Å². The molecule has 1 aliphatic carbocycles. The molecule has 138 valence electrons. The van der Waals surface area contributed by atoms with E-state index in [1.165, 1.54) is 18.4 Å². The molecule has 0 amide bonds. The number of nitrogens with zero attached hydrogens (tertiary/aromatic N) is 2. The average Bonchev–Trinajstić information content (AvgIpc) is 3.09. The van der Waals surface area contributed by atoms with Gasteiger partial charge in [-0.05, 0) is 52.7 Å². The van der Waals surface area contributed by atoms with Crippen LogP contribution in [0.5, 0.6) is 11.6 Å². The number of H-pyrrole nitrogens is 1. The molecule has 0 radical (unpaired) electrons. The molecule has 0 saturated heterocycles. The first-order valence-corrected chi connectivity index (χ1v) is 9.30. The summed E-state index contributed by atoms with van der Waals surface area (Å²) in [5.41, 5.74) is 3.42. The average molecular weight is 381 g/mol. The van der Waals surface area contributed by atoms with Crippen LogP contribution in [-0.4, -0.2) is 31.6 Å². The Bertz CT molecular complexity index is 957. The third-order valence-corrected chi connectivity index (χ3v) is 5.41. The molecule has 0 aliphatic heterocycles. The third kappa shape index (κ3) is 3.71. The van der Waals surface area contributed by atoms with Crippen LogP contribution >= 0.6 is 9.24 Å². The fourth-order valence-electron chi connectivity index (χ4n) is 3.51. The molecule has 1 heterocycles. The van der Waals surface area contributed by atoms with Gasteiger partial charge in [0.15, 0.2) is 0 Å². The van der Waals surface area contributed by atoms with Gasteiger partial charge >= 0.3 is 5.97 Å². The highest BCUT2D eigenvalue weighted by atomic mass is 31.0. The van der Waals surface area contributed by atoms with Crippen molar-refractivity contribution in [2.24, 2.45) is 0 Å². The summed E-state index contributed by atoms with van der Waals surface area (Å²) < 4.78 is 5.51. The van der Waals surface area contributed by atoms with Crippen molar-refractivity contribution in [1.29, 1.82) is 0 Å². The summed E-state index contributed by atoms with van der Waals surface area (Å²) in [6.45, 7) is 2.28. The number of hydrogen-bond donors (Lipinski definition) is 2. The van der Waals surface area contributed by atoms with Crippen molar-refractivity contribution < 1.29 is 14.6 Å². The number of hydrogen-bond acceptors (Lipinski definition) is 4. The van der Waals surface area contributed by atoms with Crippen molar-refractivity contribution in [3.63, 3.8) is 0 Å². The van der Waals surface area contributed by atoms with Gasteiger partial charge in [-0.3, -0.25) is 0 Å². The van der Waals surface area contributed by atoms with Gasteiger partial charge in [-0.1, -0.05) is 53.6 Å². The monoisotopic (exact) mass is 381 g/mol. The molecule has 0 spiro atoms. The second-order valence-corrected chi connectivity index (χ2v) is 8.70.